The first kappa shape index (κ1) is 18.4. The van der Waals surface area contributed by atoms with Crippen molar-refractivity contribution in [3.8, 4) is 0 Å². The van der Waals surface area contributed by atoms with E-state index in [1.165, 1.54) is 0 Å². The van der Waals surface area contributed by atoms with E-state index in [4.69, 9.17) is 44.0 Å². The van der Waals surface area contributed by atoms with E-state index < -0.39 is 0 Å². The number of ether oxygens (including phenoxy) is 1. The lowest BCUT2D eigenvalue weighted by Gasteiger charge is -2.20. The van der Waals surface area contributed by atoms with Crippen molar-refractivity contribution >= 4 is 45.8 Å². The van der Waals surface area contributed by atoms with E-state index in [1.54, 1.807) is 37.0 Å². The second kappa shape index (κ2) is 7.95. The molecule has 1 atom stereocenters. The zero-order valence-corrected chi connectivity index (χ0v) is 16.4. The fourth-order valence-corrected chi connectivity index (χ4v) is 3.72. The summed E-state index contributed by atoms with van der Waals surface area (Å²) in [5, 5.41) is 2.66. The maximum Gasteiger partial charge on any atom is 0.152 e. The molecule has 0 radical (unpaired) electrons. The van der Waals surface area contributed by atoms with Crippen LogP contribution in [0.5, 0.6) is 0 Å². The second-order valence-corrected chi connectivity index (χ2v) is 7.35. The van der Waals surface area contributed by atoms with Crippen molar-refractivity contribution in [3.63, 3.8) is 0 Å². The molecule has 0 aliphatic carbocycles. The first-order chi connectivity index (χ1) is 13.1. The van der Waals surface area contributed by atoms with Gasteiger partial charge in [-0.15, -0.1) is 0 Å². The number of imidazole rings is 1. The Hall–Kier alpha value is -1.98. The Morgan fingerprint density at radius 2 is 2.00 bits per heavy atom. The molecule has 2 heterocycles. The van der Waals surface area contributed by atoms with E-state index in [1.807, 2.05) is 29.0 Å². The van der Waals surface area contributed by atoms with Crippen LogP contribution in [0.4, 0.5) is 0 Å². The molecule has 0 aliphatic rings. The molecule has 0 saturated heterocycles. The van der Waals surface area contributed by atoms with Crippen LogP contribution in [-0.4, -0.2) is 9.55 Å². The van der Waals surface area contributed by atoms with E-state index in [9.17, 15) is 0 Å². The average molecular weight is 422 g/mol. The van der Waals surface area contributed by atoms with Gasteiger partial charge in [0.1, 0.15) is 6.10 Å². The highest BCUT2D eigenvalue weighted by Gasteiger charge is 2.18. The van der Waals surface area contributed by atoms with Crippen LogP contribution >= 0.6 is 34.8 Å². The number of hydrogen-bond acceptors (Lipinski definition) is 3. The number of halogens is 3. The summed E-state index contributed by atoms with van der Waals surface area (Å²) in [6.45, 7) is 0.920. The minimum atomic E-state index is -0.284. The first-order valence-corrected chi connectivity index (χ1v) is 9.42. The summed E-state index contributed by atoms with van der Waals surface area (Å²) in [4.78, 5) is 4.09. The molecule has 138 valence electrons. The Bertz CT molecular complexity index is 1060. The quantitative estimate of drug-likeness (QED) is 0.354. The maximum atomic E-state index is 6.42. The lowest BCUT2D eigenvalue weighted by atomic mass is 10.1. The van der Waals surface area contributed by atoms with Crippen LogP contribution in [0.2, 0.25) is 15.1 Å². The predicted molar refractivity (Wildman–Crippen MR) is 107 cm³/mol. The molecule has 0 spiro atoms. The lowest BCUT2D eigenvalue weighted by molar-refractivity contribution is 0.0283. The van der Waals surface area contributed by atoms with Crippen molar-refractivity contribution < 1.29 is 9.15 Å². The van der Waals surface area contributed by atoms with Gasteiger partial charge in [0, 0.05) is 39.0 Å². The van der Waals surface area contributed by atoms with Gasteiger partial charge in [-0.2, -0.15) is 0 Å². The fraction of sp³-hybridized carbons (Fsp3) is 0.150. The Kier molecular flexibility index (Phi) is 5.41. The highest BCUT2D eigenvalue weighted by molar-refractivity contribution is 6.35. The van der Waals surface area contributed by atoms with E-state index in [2.05, 4.69) is 4.98 Å². The van der Waals surface area contributed by atoms with Gasteiger partial charge < -0.3 is 13.7 Å². The van der Waals surface area contributed by atoms with Crippen LogP contribution in [0.3, 0.4) is 0 Å². The molecule has 0 fully saturated rings. The van der Waals surface area contributed by atoms with Crippen LogP contribution in [0, 0.1) is 0 Å². The van der Waals surface area contributed by atoms with E-state index in [0.29, 0.717) is 33.8 Å². The van der Waals surface area contributed by atoms with Crippen molar-refractivity contribution in [2.45, 2.75) is 19.3 Å². The predicted octanol–water partition coefficient (Wildman–Crippen LogP) is 6.55. The minimum absolute atomic E-state index is 0.284. The molecule has 1 unspecified atom stereocenters. The molecule has 0 saturated carbocycles. The van der Waals surface area contributed by atoms with Crippen LogP contribution < -0.4 is 0 Å². The number of hydrogen-bond donors (Lipinski definition) is 0. The summed E-state index contributed by atoms with van der Waals surface area (Å²) in [5.74, 6) is 0. The van der Waals surface area contributed by atoms with Crippen LogP contribution in [-0.2, 0) is 17.9 Å². The first-order valence-electron chi connectivity index (χ1n) is 8.28. The van der Waals surface area contributed by atoms with Gasteiger partial charge in [0.15, 0.2) is 5.58 Å². The molecule has 0 bridgehead atoms. The number of fused-ring (bicyclic) bond motifs is 1. The topological polar surface area (TPSA) is 40.2 Å². The van der Waals surface area contributed by atoms with Crippen molar-refractivity contribution in [1.29, 1.82) is 0 Å². The summed E-state index contributed by atoms with van der Waals surface area (Å²) in [6, 6.07) is 11.1. The van der Waals surface area contributed by atoms with E-state index >= 15 is 0 Å². The summed E-state index contributed by atoms with van der Waals surface area (Å²) < 4.78 is 13.8. The van der Waals surface area contributed by atoms with Crippen molar-refractivity contribution in [2.75, 3.05) is 0 Å². The van der Waals surface area contributed by atoms with Crippen molar-refractivity contribution in [3.05, 3.63) is 87.6 Å². The standard InChI is InChI=1S/C20H15Cl3N2O2/c21-14-4-5-16(18(23)8-14)19(9-25-7-6-24-12-25)26-10-13-11-27-20-15(13)2-1-3-17(20)22/h1-8,11-12,19H,9-10H2. The Labute approximate surface area is 171 Å². The van der Waals surface area contributed by atoms with Gasteiger partial charge in [0.2, 0.25) is 0 Å². The second-order valence-electron chi connectivity index (χ2n) is 6.10. The average Bonchev–Trinajstić information content (AvgIpc) is 3.29. The Balaban J connectivity index is 1.61. The highest BCUT2D eigenvalue weighted by Crippen LogP contribution is 2.32. The summed E-state index contributed by atoms with van der Waals surface area (Å²) >= 11 is 18.6. The third-order valence-electron chi connectivity index (χ3n) is 4.32. The normalized spacial score (nSPS) is 12.6. The molecule has 7 heteroatoms. The number of furan rings is 1. The summed E-state index contributed by atoms with van der Waals surface area (Å²) in [7, 11) is 0. The number of para-hydroxylation sites is 1. The summed E-state index contributed by atoms with van der Waals surface area (Å²) in [5.41, 5.74) is 2.45. The smallest absolute Gasteiger partial charge is 0.152 e. The molecule has 27 heavy (non-hydrogen) atoms. The van der Waals surface area contributed by atoms with Gasteiger partial charge in [-0.25, -0.2) is 4.98 Å². The molecular formula is C20H15Cl3N2O2. The third-order valence-corrected chi connectivity index (χ3v) is 5.18. The third kappa shape index (κ3) is 3.99. The molecule has 4 nitrogen and oxygen atoms in total. The molecule has 0 aliphatic heterocycles. The monoisotopic (exact) mass is 420 g/mol. The molecule has 4 aromatic rings. The number of benzene rings is 2. The van der Waals surface area contributed by atoms with Gasteiger partial charge in [-0.1, -0.05) is 53.0 Å². The van der Waals surface area contributed by atoms with Gasteiger partial charge in [-0.05, 0) is 18.2 Å². The number of aromatic nitrogens is 2. The van der Waals surface area contributed by atoms with Crippen LogP contribution in [0.1, 0.15) is 17.2 Å². The van der Waals surface area contributed by atoms with Gasteiger partial charge in [-0.3, -0.25) is 0 Å². The minimum Gasteiger partial charge on any atom is -0.462 e. The highest BCUT2D eigenvalue weighted by atomic mass is 35.5. The van der Waals surface area contributed by atoms with Crippen molar-refractivity contribution in [1.82, 2.24) is 9.55 Å². The molecule has 0 N–H and O–H groups in total. The SMILES string of the molecule is Clc1ccc(C(Cn2ccnc2)OCc2coc3c(Cl)cccc23)c(Cl)c1. The van der Waals surface area contributed by atoms with E-state index in [0.717, 1.165) is 16.5 Å². The van der Waals surface area contributed by atoms with Crippen LogP contribution in [0.25, 0.3) is 11.0 Å². The largest absolute Gasteiger partial charge is 0.462 e. The Morgan fingerprint density at radius 3 is 2.78 bits per heavy atom. The molecule has 2 aromatic heterocycles. The van der Waals surface area contributed by atoms with Gasteiger partial charge >= 0.3 is 0 Å². The van der Waals surface area contributed by atoms with E-state index in [-0.39, 0.29) is 6.10 Å². The molecule has 0 amide bonds. The zero-order valence-electron chi connectivity index (χ0n) is 14.1. The molecule has 4 rings (SSSR count). The van der Waals surface area contributed by atoms with Crippen LogP contribution in [0.15, 0.2) is 65.8 Å². The summed E-state index contributed by atoms with van der Waals surface area (Å²) in [6.07, 6.45) is 6.74. The number of nitrogens with zero attached hydrogens (tertiary/aromatic N) is 2. The number of rotatable bonds is 6. The van der Waals surface area contributed by atoms with Gasteiger partial charge in [0.25, 0.3) is 0 Å². The van der Waals surface area contributed by atoms with Gasteiger partial charge in [0.05, 0.1) is 30.8 Å². The van der Waals surface area contributed by atoms with Crippen molar-refractivity contribution in [2.24, 2.45) is 0 Å². The molecule has 2 aromatic carbocycles. The molecular weight excluding hydrogens is 407 g/mol. The zero-order chi connectivity index (χ0) is 18.8. The Morgan fingerprint density at radius 1 is 1.11 bits per heavy atom. The fourth-order valence-electron chi connectivity index (χ4n) is 2.97. The lowest BCUT2D eigenvalue weighted by Crippen LogP contribution is -2.12. The maximum absolute atomic E-state index is 6.42.